The summed E-state index contributed by atoms with van der Waals surface area (Å²) in [5.74, 6) is 0.784. The normalized spacial score (nSPS) is 10.9. The molecule has 4 rings (SSSR count). The van der Waals surface area contributed by atoms with Gasteiger partial charge in [-0.1, -0.05) is 35.9 Å². The van der Waals surface area contributed by atoms with Crippen molar-refractivity contribution >= 4 is 39.3 Å². The van der Waals surface area contributed by atoms with Crippen molar-refractivity contribution in [3.8, 4) is 5.75 Å². The quantitative estimate of drug-likeness (QED) is 0.315. The number of benzene rings is 2. The number of hydrogen-bond acceptors (Lipinski definition) is 4. The molecule has 0 spiro atoms. The van der Waals surface area contributed by atoms with Gasteiger partial charge in [0.2, 0.25) is 0 Å². The molecule has 6 nitrogen and oxygen atoms in total. The first-order chi connectivity index (χ1) is 15.4. The number of aryl methyl sites for hydroxylation is 1. The van der Waals surface area contributed by atoms with Crippen LogP contribution in [0.15, 0.2) is 69.7 Å². The fourth-order valence-electron chi connectivity index (χ4n) is 3.03. The molecule has 0 aliphatic carbocycles. The molecule has 0 unspecified atom stereocenters. The topological polar surface area (TPSA) is 69.3 Å². The van der Waals surface area contributed by atoms with Crippen molar-refractivity contribution in [3.05, 3.63) is 98.8 Å². The minimum atomic E-state index is -0.446. The highest BCUT2D eigenvalue weighted by Gasteiger charge is 2.16. The van der Waals surface area contributed by atoms with Gasteiger partial charge in [-0.25, -0.2) is 4.39 Å². The number of furan rings is 1. The molecule has 2 aromatic heterocycles. The van der Waals surface area contributed by atoms with Crippen molar-refractivity contribution in [3.63, 3.8) is 0 Å². The monoisotopic (exact) mass is 517 g/mol. The van der Waals surface area contributed by atoms with Crippen LogP contribution in [0.3, 0.4) is 0 Å². The lowest BCUT2D eigenvalue weighted by Crippen LogP contribution is -2.12. The lowest BCUT2D eigenvalue weighted by Gasteiger charge is -2.09. The van der Waals surface area contributed by atoms with Crippen molar-refractivity contribution < 1.29 is 18.3 Å². The second-order valence-electron chi connectivity index (χ2n) is 7.04. The Kier molecular flexibility index (Phi) is 6.62. The number of halogens is 3. The lowest BCUT2D eigenvalue weighted by molar-refractivity contribution is 0.0992. The van der Waals surface area contributed by atoms with Gasteiger partial charge in [0.1, 0.15) is 23.9 Å². The molecule has 1 amide bonds. The molecule has 164 valence electrons. The maximum absolute atomic E-state index is 13.1. The summed E-state index contributed by atoms with van der Waals surface area (Å²) in [6, 6.07) is 14.9. The van der Waals surface area contributed by atoms with E-state index in [2.05, 4.69) is 26.3 Å². The maximum Gasteiger partial charge on any atom is 0.292 e. The van der Waals surface area contributed by atoms with Gasteiger partial charge in [-0.05, 0) is 64.3 Å². The van der Waals surface area contributed by atoms with Gasteiger partial charge in [-0.2, -0.15) is 5.10 Å². The highest BCUT2D eigenvalue weighted by Crippen LogP contribution is 2.29. The van der Waals surface area contributed by atoms with Crippen LogP contribution in [-0.4, -0.2) is 15.7 Å². The number of amides is 1. The molecule has 0 bridgehead atoms. The van der Waals surface area contributed by atoms with Gasteiger partial charge < -0.3 is 14.5 Å². The van der Waals surface area contributed by atoms with Crippen LogP contribution in [0.1, 0.15) is 27.4 Å². The third-order valence-corrected chi connectivity index (χ3v) is 5.49. The predicted molar refractivity (Wildman–Crippen MR) is 123 cm³/mol. The van der Waals surface area contributed by atoms with Crippen LogP contribution in [-0.2, 0) is 13.2 Å². The van der Waals surface area contributed by atoms with Crippen LogP contribution in [0.4, 0.5) is 10.2 Å². The van der Waals surface area contributed by atoms with Crippen molar-refractivity contribution in [1.29, 1.82) is 0 Å². The average molecular weight is 519 g/mol. The smallest absolute Gasteiger partial charge is 0.292 e. The fraction of sp³-hybridized carbons (Fsp3) is 0.130. The van der Waals surface area contributed by atoms with Crippen LogP contribution in [0, 0.1) is 12.7 Å². The molecule has 0 radical (unpaired) electrons. The first-order valence-electron chi connectivity index (χ1n) is 9.64. The highest BCUT2D eigenvalue weighted by atomic mass is 79.9. The zero-order chi connectivity index (χ0) is 22.7. The zero-order valence-corrected chi connectivity index (χ0v) is 19.3. The standard InChI is InChI=1S/C23H18BrClFN3O3/c1-14-3-2-4-19(25)21(14)31-13-17-9-10-20(32-17)23(30)27-22-18(24)12-29(28-22)11-15-5-7-16(26)8-6-15/h2-10,12H,11,13H2,1H3,(H,27,28,30). The summed E-state index contributed by atoms with van der Waals surface area (Å²) in [5, 5.41) is 7.58. The maximum atomic E-state index is 13.1. The number of aromatic nitrogens is 2. The zero-order valence-electron chi connectivity index (χ0n) is 16.9. The van der Waals surface area contributed by atoms with Gasteiger partial charge in [0, 0.05) is 6.20 Å². The molecule has 32 heavy (non-hydrogen) atoms. The molecular weight excluding hydrogens is 501 g/mol. The van der Waals surface area contributed by atoms with E-state index in [0.717, 1.165) is 11.1 Å². The van der Waals surface area contributed by atoms with Crippen LogP contribution < -0.4 is 10.1 Å². The van der Waals surface area contributed by atoms with E-state index in [9.17, 15) is 9.18 Å². The van der Waals surface area contributed by atoms with Gasteiger partial charge in [0.15, 0.2) is 11.6 Å². The summed E-state index contributed by atoms with van der Waals surface area (Å²) < 4.78 is 26.7. The number of nitrogens with zero attached hydrogens (tertiary/aromatic N) is 2. The first kappa shape index (κ1) is 22.1. The number of nitrogens with one attached hydrogen (secondary N) is 1. The van der Waals surface area contributed by atoms with E-state index >= 15 is 0 Å². The Morgan fingerprint density at radius 3 is 2.75 bits per heavy atom. The van der Waals surface area contributed by atoms with Gasteiger partial charge in [-0.3, -0.25) is 9.48 Å². The van der Waals surface area contributed by atoms with Crippen molar-refractivity contribution in [1.82, 2.24) is 9.78 Å². The Morgan fingerprint density at radius 2 is 2.00 bits per heavy atom. The molecule has 9 heteroatoms. The van der Waals surface area contributed by atoms with Crippen molar-refractivity contribution in [2.45, 2.75) is 20.1 Å². The van der Waals surface area contributed by atoms with Crippen molar-refractivity contribution in [2.75, 3.05) is 5.32 Å². The number of hydrogen-bond donors (Lipinski definition) is 1. The van der Waals surface area contributed by atoms with Crippen molar-refractivity contribution in [2.24, 2.45) is 0 Å². The Balaban J connectivity index is 1.39. The van der Waals surface area contributed by atoms with E-state index in [0.29, 0.717) is 33.4 Å². The van der Waals surface area contributed by atoms with Gasteiger partial charge in [0.25, 0.3) is 5.91 Å². The molecule has 0 fully saturated rings. The minimum Gasteiger partial charge on any atom is -0.484 e. The Hall–Kier alpha value is -3.10. The first-order valence-corrected chi connectivity index (χ1v) is 10.8. The van der Waals surface area contributed by atoms with E-state index in [1.165, 1.54) is 12.1 Å². The Morgan fingerprint density at radius 1 is 1.22 bits per heavy atom. The number of carbonyl (C=O) groups is 1. The highest BCUT2D eigenvalue weighted by molar-refractivity contribution is 9.10. The van der Waals surface area contributed by atoms with Gasteiger partial charge in [0.05, 0.1) is 16.0 Å². The summed E-state index contributed by atoms with van der Waals surface area (Å²) in [6.07, 6.45) is 1.73. The molecular formula is C23H18BrClFN3O3. The molecule has 1 N–H and O–H groups in total. The molecule has 0 atom stereocenters. The van der Waals surface area contributed by atoms with Crippen LogP contribution in [0.5, 0.6) is 5.75 Å². The molecule has 0 saturated carbocycles. The average Bonchev–Trinajstić information content (AvgIpc) is 3.36. The SMILES string of the molecule is Cc1cccc(Cl)c1OCc1ccc(C(=O)Nc2nn(Cc3ccc(F)cc3)cc2Br)o1. The third kappa shape index (κ3) is 5.20. The largest absolute Gasteiger partial charge is 0.484 e. The summed E-state index contributed by atoms with van der Waals surface area (Å²) >= 11 is 9.56. The molecule has 4 aromatic rings. The molecule has 2 heterocycles. The molecule has 0 aliphatic rings. The molecule has 0 saturated heterocycles. The van der Waals surface area contributed by atoms with Crippen LogP contribution >= 0.6 is 27.5 Å². The number of anilines is 1. The number of rotatable bonds is 7. The number of carbonyl (C=O) groups excluding carboxylic acids is 1. The van der Waals surface area contributed by atoms with Crippen LogP contribution in [0.25, 0.3) is 0 Å². The summed E-state index contributed by atoms with van der Waals surface area (Å²) in [4.78, 5) is 12.6. The summed E-state index contributed by atoms with van der Waals surface area (Å²) in [5.41, 5.74) is 1.78. The molecule has 0 aliphatic heterocycles. The van der Waals surface area contributed by atoms with Gasteiger partial charge in [-0.15, -0.1) is 0 Å². The van der Waals surface area contributed by atoms with E-state index in [1.54, 1.807) is 41.2 Å². The molecule has 2 aromatic carbocycles. The summed E-state index contributed by atoms with van der Waals surface area (Å²) in [7, 11) is 0. The van der Waals surface area contributed by atoms with Crippen LogP contribution in [0.2, 0.25) is 5.02 Å². The lowest BCUT2D eigenvalue weighted by atomic mass is 10.2. The fourth-order valence-corrected chi connectivity index (χ4v) is 3.72. The third-order valence-electron chi connectivity index (χ3n) is 4.61. The predicted octanol–water partition coefficient (Wildman–Crippen LogP) is 6.22. The van der Waals surface area contributed by atoms with E-state index < -0.39 is 5.91 Å². The second kappa shape index (κ2) is 9.58. The van der Waals surface area contributed by atoms with Gasteiger partial charge >= 0.3 is 0 Å². The summed E-state index contributed by atoms with van der Waals surface area (Å²) in [6.45, 7) is 2.46. The second-order valence-corrected chi connectivity index (χ2v) is 8.31. The van der Waals surface area contributed by atoms with E-state index in [4.69, 9.17) is 20.8 Å². The van der Waals surface area contributed by atoms with E-state index in [-0.39, 0.29) is 18.2 Å². The Bertz CT molecular complexity index is 1230. The minimum absolute atomic E-state index is 0.125. The number of ether oxygens (including phenoxy) is 1. The Labute approximate surface area is 197 Å². The van der Waals surface area contributed by atoms with E-state index in [1.807, 2.05) is 19.1 Å². The number of para-hydroxylation sites is 1.